The Morgan fingerprint density at radius 3 is 2.34 bits per heavy atom. The van der Waals surface area contributed by atoms with E-state index < -0.39 is 34.0 Å². The van der Waals surface area contributed by atoms with Crippen molar-refractivity contribution in [3.05, 3.63) is 29.8 Å². The van der Waals surface area contributed by atoms with Gasteiger partial charge in [-0.2, -0.15) is 4.31 Å². The van der Waals surface area contributed by atoms with Gasteiger partial charge in [-0.05, 0) is 43.6 Å². The minimum absolute atomic E-state index is 0.106. The molecule has 2 amide bonds. The van der Waals surface area contributed by atoms with Gasteiger partial charge in [-0.25, -0.2) is 13.2 Å². The molecule has 1 aromatic rings. The molecule has 12 heteroatoms. The molecule has 3 rings (SSSR count). The van der Waals surface area contributed by atoms with E-state index in [2.05, 4.69) is 10.6 Å². The zero-order valence-corrected chi connectivity index (χ0v) is 21.2. The lowest BCUT2D eigenvalue weighted by Crippen LogP contribution is -2.63. The topological polar surface area (TPSA) is 134 Å². The fourth-order valence-corrected chi connectivity index (χ4v) is 5.28. The first-order valence-electron chi connectivity index (χ1n) is 11.6. The van der Waals surface area contributed by atoms with E-state index in [1.165, 1.54) is 16.3 Å². The molecule has 35 heavy (non-hydrogen) atoms. The van der Waals surface area contributed by atoms with Gasteiger partial charge in [0.1, 0.15) is 17.8 Å². The Balaban J connectivity index is 1.80. The number of hydrogen-bond donors (Lipinski definition) is 2. The highest BCUT2D eigenvalue weighted by Gasteiger charge is 2.41. The molecule has 0 radical (unpaired) electrons. The second kappa shape index (κ2) is 11.8. The molecule has 2 N–H and O–H groups in total. The maximum atomic E-state index is 13.4. The van der Waals surface area contributed by atoms with E-state index in [0.717, 1.165) is 11.8 Å². The number of hydrogen-bond acceptors (Lipinski definition) is 8. The molecular weight excluding hydrogens is 476 g/mol. The molecule has 11 nitrogen and oxygen atoms in total. The van der Waals surface area contributed by atoms with Gasteiger partial charge in [0.25, 0.3) is 0 Å². The average Bonchev–Trinajstić information content (AvgIpc) is 2.87. The Bertz CT molecular complexity index is 1010. The Morgan fingerprint density at radius 2 is 1.77 bits per heavy atom. The number of methoxy groups -OCH3 is 2. The van der Waals surface area contributed by atoms with Gasteiger partial charge in [0.2, 0.25) is 21.8 Å². The number of sulfonamides is 1. The summed E-state index contributed by atoms with van der Waals surface area (Å²) in [7, 11) is -0.790. The molecule has 0 saturated carbocycles. The Labute approximate surface area is 206 Å². The van der Waals surface area contributed by atoms with E-state index in [1.807, 2.05) is 0 Å². The number of amides is 2. The Morgan fingerprint density at radius 1 is 1.11 bits per heavy atom. The molecule has 2 atom stereocenters. The van der Waals surface area contributed by atoms with Crippen LogP contribution in [0.1, 0.15) is 18.4 Å². The summed E-state index contributed by atoms with van der Waals surface area (Å²) < 4.78 is 35.6. The monoisotopic (exact) mass is 510 g/mol. The first-order valence-corrected chi connectivity index (χ1v) is 13.5. The van der Waals surface area contributed by atoms with Crippen LogP contribution in [0, 0.1) is 5.92 Å². The number of ether oxygens (including phenoxy) is 2. The van der Waals surface area contributed by atoms with Crippen LogP contribution in [0.3, 0.4) is 0 Å². The predicted molar refractivity (Wildman–Crippen MR) is 128 cm³/mol. The minimum atomic E-state index is -3.57. The van der Waals surface area contributed by atoms with Gasteiger partial charge in [0.05, 0.1) is 20.5 Å². The third-order valence-corrected chi connectivity index (χ3v) is 7.76. The highest BCUT2D eigenvalue weighted by molar-refractivity contribution is 7.88. The zero-order valence-electron chi connectivity index (χ0n) is 20.4. The summed E-state index contributed by atoms with van der Waals surface area (Å²) in [5.41, 5.74) is 0.769. The predicted octanol–water partition coefficient (Wildman–Crippen LogP) is -0.632. The summed E-state index contributed by atoms with van der Waals surface area (Å²) >= 11 is 0. The summed E-state index contributed by atoms with van der Waals surface area (Å²) in [6, 6.07) is 4.99. The summed E-state index contributed by atoms with van der Waals surface area (Å²) in [6.45, 7) is 1.48. The number of benzene rings is 1. The van der Waals surface area contributed by atoms with Gasteiger partial charge in [0.15, 0.2) is 0 Å². The SMILES string of the molecule is COC(=O)C(Cc1ccc(OC)cc1)NC(=O)C1CN(S(C)(=O)=O)CCN1C(=O)C1CCNCC1. The zero-order chi connectivity index (χ0) is 25.6. The minimum Gasteiger partial charge on any atom is -0.497 e. The van der Waals surface area contributed by atoms with Crippen LogP contribution in [0.25, 0.3) is 0 Å². The molecular formula is C23H34N4O7S. The lowest BCUT2D eigenvalue weighted by atomic mass is 9.95. The summed E-state index contributed by atoms with van der Waals surface area (Å²) in [4.78, 5) is 40.7. The van der Waals surface area contributed by atoms with Crippen LogP contribution < -0.4 is 15.4 Å². The second-order valence-electron chi connectivity index (χ2n) is 8.83. The number of nitrogens with one attached hydrogen (secondary N) is 2. The van der Waals surface area contributed by atoms with Crippen LogP contribution in [0.2, 0.25) is 0 Å². The Kier molecular flexibility index (Phi) is 9.09. The first kappa shape index (κ1) is 26.9. The second-order valence-corrected chi connectivity index (χ2v) is 10.8. The van der Waals surface area contributed by atoms with Gasteiger partial charge in [-0.15, -0.1) is 0 Å². The van der Waals surface area contributed by atoms with Crippen molar-refractivity contribution < 1.29 is 32.3 Å². The van der Waals surface area contributed by atoms with Crippen molar-refractivity contribution in [2.24, 2.45) is 5.92 Å². The van der Waals surface area contributed by atoms with Crippen LogP contribution >= 0.6 is 0 Å². The van der Waals surface area contributed by atoms with Crippen LogP contribution in [0.15, 0.2) is 24.3 Å². The maximum Gasteiger partial charge on any atom is 0.328 e. The standard InChI is InChI=1S/C23H34N4O7S/c1-33-18-6-4-16(5-7-18)14-19(23(30)34-2)25-21(28)20-15-26(35(3,31)32)12-13-27(20)22(29)17-8-10-24-11-9-17/h4-7,17,19-20,24H,8-15H2,1-3H3,(H,25,28). The smallest absolute Gasteiger partial charge is 0.328 e. The normalized spacial score (nSPS) is 20.7. The van der Waals surface area contributed by atoms with E-state index in [0.29, 0.717) is 31.7 Å². The lowest BCUT2D eigenvalue weighted by Gasteiger charge is -2.41. The molecule has 2 aliphatic rings. The van der Waals surface area contributed by atoms with Crippen molar-refractivity contribution in [3.63, 3.8) is 0 Å². The van der Waals surface area contributed by atoms with E-state index in [9.17, 15) is 22.8 Å². The fourth-order valence-electron chi connectivity index (χ4n) is 4.45. The third-order valence-electron chi connectivity index (χ3n) is 6.49. The van der Waals surface area contributed by atoms with Crippen molar-refractivity contribution in [1.82, 2.24) is 19.8 Å². The maximum absolute atomic E-state index is 13.4. The number of piperazine rings is 1. The molecule has 0 spiro atoms. The van der Waals surface area contributed by atoms with Crippen molar-refractivity contribution in [1.29, 1.82) is 0 Å². The number of nitrogens with zero attached hydrogens (tertiary/aromatic N) is 2. The lowest BCUT2D eigenvalue weighted by molar-refractivity contribution is -0.149. The summed E-state index contributed by atoms with van der Waals surface area (Å²) in [6.07, 6.45) is 2.55. The van der Waals surface area contributed by atoms with Gasteiger partial charge in [-0.1, -0.05) is 12.1 Å². The van der Waals surface area contributed by atoms with Gasteiger partial charge in [-0.3, -0.25) is 9.59 Å². The molecule has 2 aliphatic heterocycles. The molecule has 0 aliphatic carbocycles. The molecule has 2 unspecified atom stereocenters. The van der Waals surface area contributed by atoms with Crippen molar-refractivity contribution in [2.45, 2.75) is 31.3 Å². The molecule has 1 aromatic carbocycles. The summed E-state index contributed by atoms with van der Waals surface area (Å²) in [5.74, 6) is -0.968. The number of carbonyl (C=O) groups is 3. The fraction of sp³-hybridized carbons (Fsp3) is 0.609. The van der Waals surface area contributed by atoms with Crippen LogP contribution in [0.4, 0.5) is 0 Å². The van der Waals surface area contributed by atoms with Crippen LogP contribution in [0.5, 0.6) is 5.75 Å². The van der Waals surface area contributed by atoms with Gasteiger partial charge in [0, 0.05) is 32.0 Å². The average molecular weight is 511 g/mol. The van der Waals surface area contributed by atoms with Gasteiger partial charge < -0.3 is 25.0 Å². The quantitative estimate of drug-likeness (QED) is 0.442. The summed E-state index contributed by atoms with van der Waals surface area (Å²) in [5, 5.41) is 5.91. The molecule has 2 heterocycles. The molecule has 2 saturated heterocycles. The molecule has 0 bridgehead atoms. The van der Waals surface area contributed by atoms with Crippen LogP contribution in [-0.4, -0.2) is 101 Å². The van der Waals surface area contributed by atoms with E-state index in [4.69, 9.17) is 9.47 Å². The molecule has 2 fully saturated rings. The third kappa shape index (κ3) is 6.92. The van der Waals surface area contributed by atoms with Gasteiger partial charge >= 0.3 is 5.97 Å². The number of esters is 1. The number of rotatable bonds is 8. The van der Waals surface area contributed by atoms with Crippen molar-refractivity contribution in [3.8, 4) is 5.75 Å². The molecule has 0 aromatic heterocycles. The largest absolute Gasteiger partial charge is 0.497 e. The van der Waals surface area contributed by atoms with Crippen molar-refractivity contribution in [2.75, 3.05) is 53.2 Å². The number of carbonyl (C=O) groups excluding carboxylic acids is 3. The highest BCUT2D eigenvalue weighted by Crippen LogP contribution is 2.21. The van der Waals surface area contributed by atoms with E-state index in [1.54, 1.807) is 31.4 Å². The number of piperidine rings is 1. The highest BCUT2D eigenvalue weighted by atomic mass is 32.2. The van der Waals surface area contributed by atoms with Crippen molar-refractivity contribution >= 4 is 27.8 Å². The Hall–Kier alpha value is -2.70. The van der Waals surface area contributed by atoms with E-state index in [-0.39, 0.29) is 37.9 Å². The molecule has 194 valence electrons. The van der Waals surface area contributed by atoms with E-state index >= 15 is 0 Å². The van der Waals surface area contributed by atoms with Crippen LogP contribution in [-0.2, 0) is 35.6 Å². The first-order chi connectivity index (χ1) is 16.6.